The molecule has 0 aliphatic rings. The third kappa shape index (κ3) is 4.70. The lowest BCUT2D eigenvalue weighted by atomic mass is 10.0. The summed E-state index contributed by atoms with van der Waals surface area (Å²) in [6, 6.07) is 12.3. The topological polar surface area (TPSA) is 63.0 Å². The number of fused-ring (bicyclic) bond motifs is 1. The van der Waals surface area contributed by atoms with Crippen molar-refractivity contribution in [2.24, 2.45) is 0 Å². The molecule has 0 radical (unpaired) electrons. The van der Waals surface area contributed by atoms with Gasteiger partial charge in [-0.25, -0.2) is 4.39 Å². The molecule has 2 N–H and O–H groups in total. The first-order valence-electron chi connectivity index (χ1n) is 10.1. The smallest absolute Gasteiger partial charge is 0.128 e. The van der Waals surface area contributed by atoms with Crippen molar-refractivity contribution in [3.05, 3.63) is 77.5 Å². The summed E-state index contributed by atoms with van der Waals surface area (Å²) in [6.07, 6.45) is 5.16. The zero-order valence-electron chi connectivity index (χ0n) is 17.6. The minimum Gasteiger partial charge on any atom is -0.389 e. The fraction of sp³-hybridized carbons (Fsp3) is 0.250. The van der Waals surface area contributed by atoms with Gasteiger partial charge in [-0.1, -0.05) is 35.9 Å². The van der Waals surface area contributed by atoms with E-state index in [1.165, 1.54) is 6.07 Å². The molecule has 2 aromatic heterocycles. The van der Waals surface area contributed by atoms with Crippen molar-refractivity contribution < 1.29 is 9.50 Å². The molecule has 4 aromatic rings. The molecule has 0 aliphatic carbocycles. The molecule has 0 saturated heterocycles. The van der Waals surface area contributed by atoms with Crippen molar-refractivity contribution in [2.75, 3.05) is 5.32 Å². The number of hydrogen-bond acceptors (Lipinski definition) is 4. The molecular formula is C24H24ClFN4O. The van der Waals surface area contributed by atoms with Crippen molar-refractivity contribution in [3.8, 4) is 11.1 Å². The minimum absolute atomic E-state index is 0.304. The Morgan fingerprint density at radius 2 is 1.94 bits per heavy atom. The highest BCUT2D eigenvalue weighted by Crippen LogP contribution is 2.34. The number of halogens is 2. The molecule has 0 bridgehead atoms. The predicted molar refractivity (Wildman–Crippen MR) is 123 cm³/mol. The molecule has 7 heteroatoms. The first-order chi connectivity index (χ1) is 14.7. The van der Waals surface area contributed by atoms with E-state index in [2.05, 4.69) is 15.4 Å². The van der Waals surface area contributed by atoms with E-state index in [-0.39, 0.29) is 11.9 Å². The quantitative estimate of drug-likeness (QED) is 0.397. The van der Waals surface area contributed by atoms with Crippen LogP contribution in [-0.4, -0.2) is 25.5 Å². The summed E-state index contributed by atoms with van der Waals surface area (Å²) in [7, 11) is 0. The maximum absolute atomic E-state index is 14.7. The van der Waals surface area contributed by atoms with E-state index in [9.17, 15) is 9.50 Å². The molecule has 2 heterocycles. The van der Waals surface area contributed by atoms with E-state index >= 15 is 0 Å². The third-order valence-corrected chi connectivity index (χ3v) is 5.35. The number of hydrogen-bond donors (Lipinski definition) is 2. The van der Waals surface area contributed by atoms with Gasteiger partial charge < -0.3 is 10.4 Å². The summed E-state index contributed by atoms with van der Waals surface area (Å²) in [5.41, 5.74) is 2.88. The Bertz CT molecular complexity index is 1230. The molecular weight excluding hydrogens is 415 g/mol. The van der Waals surface area contributed by atoms with Crippen molar-refractivity contribution in [3.63, 3.8) is 0 Å². The number of anilines is 1. The largest absolute Gasteiger partial charge is 0.389 e. The van der Waals surface area contributed by atoms with Crippen LogP contribution in [0.3, 0.4) is 0 Å². The van der Waals surface area contributed by atoms with Gasteiger partial charge in [0.1, 0.15) is 5.82 Å². The van der Waals surface area contributed by atoms with Gasteiger partial charge >= 0.3 is 0 Å². The molecule has 1 atom stereocenters. The van der Waals surface area contributed by atoms with E-state index in [0.717, 1.165) is 27.7 Å². The molecule has 1 unspecified atom stereocenters. The van der Waals surface area contributed by atoms with Crippen LogP contribution in [0, 0.1) is 5.82 Å². The summed E-state index contributed by atoms with van der Waals surface area (Å²) >= 11 is 6.41. The maximum Gasteiger partial charge on any atom is 0.128 e. The van der Waals surface area contributed by atoms with Crippen LogP contribution in [0.1, 0.15) is 32.4 Å². The lowest BCUT2D eigenvalue weighted by molar-refractivity contribution is 0.0577. The van der Waals surface area contributed by atoms with E-state index < -0.39 is 5.60 Å². The predicted octanol–water partition coefficient (Wildman–Crippen LogP) is 5.83. The first kappa shape index (κ1) is 21.3. The first-order valence-corrected chi connectivity index (χ1v) is 10.4. The second kappa shape index (κ2) is 8.29. The Balaban J connectivity index is 1.64. The molecule has 31 heavy (non-hydrogen) atoms. The van der Waals surface area contributed by atoms with Crippen LogP contribution >= 0.6 is 11.6 Å². The average molecular weight is 439 g/mol. The summed E-state index contributed by atoms with van der Waals surface area (Å²) in [4.78, 5) is 4.35. The molecule has 0 fully saturated rings. The van der Waals surface area contributed by atoms with Gasteiger partial charge in [-0.05, 0) is 44.5 Å². The SMILES string of the molecule is CC(Nc1c(Cl)cnc2ccccc12)c1cc(-c2cnn(CC(C)(C)O)c2)ccc1F. The summed E-state index contributed by atoms with van der Waals surface area (Å²) in [5, 5.41) is 19.0. The number of para-hydroxylation sites is 1. The number of nitrogens with zero attached hydrogens (tertiary/aromatic N) is 3. The van der Waals surface area contributed by atoms with Crippen LogP contribution < -0.4 is 5.32 Å². The summed E-state index contributed by atoms with van der Waals surface area (Å²) in [6.45, 7) is 5.72. The molecule has 4 rings (SSSR count). The van der Waals surface area contributed by atoms with Crippen LogP contribution in [0.25, 0.3) is 22.0 Å². The number of aromatic nitrogens is 3. The molecule has 0 spiro atoms. The van der Waals surface area contributed by atoms with Gasteiger partial charge in [0.25, 0.3) is 0 Å². The fourth-order valence-corrected chi connectivity index (χ4v) is 3.81. The third-order valence-electron chi connectivity index (χ3n) is 5.07. The van der Waals surface area contributed by atoms with Gasteiger partial charge in [-0.3, -0.25) is 9.67 Å². The molecule has 5 nitrogen and oxygen atoms in total. The normalized spacial score (nSPS) is 12.8. The zero-order chi connectivity index (χ0) is 22.2. The van der Waals surface area contributed by atoms with Crippen molar-refractivity contribution >= 4 is 28.2 Å². The van der Waals surface area contributed by atoms with Crippen molar-refractivity contribution in [1.29, 1.82) is 0 Å². The number of benzene rings is 2. The van der Waals surface area contributed by atoms with Crippen molar-refractivity contribution in [1.82, 2.24) is 14.8 Å². The van der Waals surface area contributed by atoms with Gasteiger partial charge in [0.15, 0.2) is 0 Å². The van der Waals surface area contributed by atoms with E-state index in [4.69, 9.17) is 11.6 Å². The molecule has 2 aromatic carbocycles. The zero-order valence-corrected chi connectivity index (χ0v) is 18.4. The summed E-state index contributed by atoms with van der Waals surface area (Å²) in [5.74, 6) is -0.304. The molecule has 0 saturated carbocycles. The Morgan fingerprint density at radius 3 is 2.71 bits per heavy atom. The Morgan fingerprint density at radius 1 is 1.16 bits per heavy atom. The van der Waals surface area contributed by atoms with E-state index in [1.807, 2.05) is 43.5 Å². The van der Waals surface area contributed by atoms with E-state index in [0.29, 0.717) is 17.1 Å². The highest BCUT2D eigenvalue weighted by atomic mass is 35.5. The average Bonchev–Trinajstić information content (AvgIpc) is 3.17. The van der Waals surface area contributed by atoms with Gasteiger partial charge in [-0.15, -0.1) is 0 Å². The van der Waals surface area contributed by atoms with Crippen LogP contribution in [0.4, 0.5) is 10.1 Å². The lowest BCUT2D eigenvalue weighted by Gasteiger charge is -2.19. The van der Waals surface area contributed by atoms with E-state index in [1.54, 1.807) is 37.0 Å². The number of rotatable bonds is 6. The Kier molecular flexibility index (Phi) is 5.69. The Hall–Kier alpha value is -2.96. The number of pyridine rings is 1. The van der Waals surface area contributed by atoms with Crippen LogP contribution in [0.15, 0.2) is 61.1 Å². The van der Waals surface area contributed by atoms with Crippen LogP contribution in [0.5, 0.6) is 0 Å². The van der Waals surface area contributed by atoms with Gasteiger partial charge in [-0.2, -0.15) is 5.10 Å². The van der Waals surface area contributed by atoms with Gasteiger partial charge in [0.05, 0.1) is 40.6 Å². The maximum atomic E-state index is 14.7. The lowest BCUT2D eigenvalue weighted by Crippen LogP contribution is -2.26. The number of nitrogens with one attached hydrogen (secondary N) is 1. The van der Waals surface area contributed by atoms with Crippen molar-refractivity contribution in [2.45, 2.75) is 39.0 Å². The highest BCUT2D eigenvalue weighted by Gasteiger charge is 2.17. The molecule has 0 amide bonds. The van der Waals surface area contributed by atoms with Crippen LogP contribution in [0.2, 0.25) is 5.02 Å². The molecule has 160 valence electrons. The van der Waals surface area contributed by atoms with Gasteiger partial charge in [0, 0.05) is 28.9 Å². The van der Waals surface area contributed by atoms with Crippen LogP contribution in [-0.2, 0) is 6.54 Å². The molecule has 0 aliphatic heterocycles. The second-order valence-corrected chi connectivity index (χ2v) is 8.75. The minimum atomic E-state index is -0.873. The number of aliphatic hydroxyl groups is 1. The second-order valence-electron chi connectivity index (χ2n) is 8.34. The Labute approximate surface area is 185 Å². The summed E-state index contributed by atoms with van der Waals surface area (Å²) < 4.78 is 16.4. The highest BCUT2D eigenvalue weighted by molar-refractivity contribution is 6.34. The van der Waals surface area contributed by atoms with Gasteiger partial charge in [0.2, 0.25) is 0 Å². The standard InChI is InChI=1S/C24H24ClFN4O/c1-15(29-23-18-6-4-5-7-22(18)27-12-20(23)25)19-10-16(8-9-21(19)26)17-11-28-30(13-17)14-24(2,3)31/h4-13,15,31H,14H2,1-3H3,(H,27,29). The fourth-order valence-electron chi connectivity index (χ4n) is 3.61. The monoisotopic (exact) mass is 438 g/mol.